The number of ether oxygens (including phenoxy) is 1. The molecule has 96 valence electrons. The van der Waals surface area contributed by atoms with Crippen molar-refractivity contribution in [2.75, 3.05) is 19.8 Å². The maximum absolute atomic E-state index is 13.6. The summed E-state index contributed by atoms with van der Waals surface area (Å²) in [7, 11) is 0. The lowest BCUT2D eigenvalue weighted by Gasteiger charge is -2.27. The van der Waals surface area contributed by atoms with Crippen molar-refractivity contribution in [1.82, 2.24) is 10.2 Å². The van der Waals surface area contributed by atoms with Crippen molar-refractivity contribution in [3.8, 4) is 0 Å². The van der Waals surface area contributed by atoms with Gasteiger partial charge in [0.1, 0.15) is 6.73 Å². The largest absolute Gasteiger partial charge is 0.449 e. The van der Waals surface area contributed by atoms with E-state index in [0.29, 0.717) is 13.0 Å². The predicted molar refractivity (Wildman–Crippen MR) is 55.5 cm³/mol. The second-order valence-electron chi connectivity index (χ2n) is 5.16. The molecule has 3 fully saturated rings. The van der Waals surface area contributed by atoms with Crippen LogP contribution in [0.1, 0.15) is 19.3 Å². The molecule has 0 radical (unpaired) electrons. The number of fused-ring (bicyclic) bond motifs is 1. The van der Waals surface area contributed by atoms with E-state index >= 15 is 0 Å². The first-order valence-electron chi connectivity index (χ1n) is 6.10. The molecule has 6 heteroatoms. The van der Waals surface area contributed by atoms with Gasteiger partial charge in [-0.15, -0.1) is 0 Å². The van der Waals surface area contributed by atoms with E-state index in [0.717, 1.165) is 12.8 Å². The van der Waals surface area contributed by atoms with E-state index in [1.165, 1.54) is 0 Å². The highest BCUT2D eigenvalue weighted by molar-refractivity contribution is 5.74. The summed E-state index contributed by atoms with van der Waals surface area (Å²) in [6.07, 6.45) is 2.45. The van der Waals surface area contributed by atoms with Gasteiger partial charge in [-0.2, -0.15) is 0 Å². The van der Waals surface area contributed by atoms with E-state index in [4.69, 9.17) is 4.74 Å². The molecule has 0 aromatic rings. The molecule has 4 nitrogen and oxygen atoms in total. The molecule has 2 aliphatic heterocycles. The molecule has 2 atom stereocenters. The fraction of sp³-hybridized carbons (Fsp3) is 0.909. The zero-order chi connectivity index (χ0) is 12.0. The van der Waals surface area contributed by atoms with Gasteiger partial charge in [0.05, 0.1) is 18.5 Å². The molecule has 1 saturated carbocycles. The van der Waals surface area contributed by atoms with Crippen LogP contribution in [0, 0.1) is 5.92 Å². The van der Waals surface area contributed by atoms with Crippen molar-refractivity contribution in [3.63, 3.8) is 0 Å². The summed E-state index contributed by atoms with van der Waals surface area (Å²) in [4.78, 5) is 13.0. The Balaban J connectivity index is 1.58. The highest BCUT2D eigenvalue weighted by Crippen LogP contribution is 2.36. The van der Waals surface area contributed by atoms with Crippen LogP contribution in [0.25, 0.3) is 0 Å². The highest BCUT2D eigenvalue weighted by atomic mass is 19.3. The molecular formula is C11H16F2N2O2. The quantitative estimate of drug-likeness (QED) is 0.740. The SMILES string of the molecule is O=C(OCN1CC[C@@H]2NCC(F)(F)[C@@H]21)C1CC1. The number of likely N-dealkylation sites (tertiary alicyclic amines) is 1. The van der Waals surface area contributed by atoms with Crippen molar-refractivity contribution in [2.45, 2.75) is 37.3 Å². The molecule has 0 bridgehead atoms. The third-order valence-corrected chi connectivity index (χ3v) is 3.82. The maximum atomic E-state index is 13.6. The molecule has 0 spiro atoms. The van der Waals surface area contributed by atoms with Gasteiger partial charge in [-0.1, -0.05) is 0 Å². The van der Waals surface area contributed by atoms with E-state index in [1.807, 2.05) is 0 Å². The lowest BCUT2D eigenvalue weighted by Crippen LogP contribution is -2.46. The highest BCUT2D eigenvalue weighted by Gasteiger charge is 2.55. The van der Waals surface area contributed by atoms with E-state index in [-0.39, 0.29) is 31.2 Å². The van der Waals surface area contributed by atoms with Gasteiger partial charge in [-0.25, -0.2) is 8.78 Å². The summed E-state index contributed by atoms with van der Waals surface area (Å²) in [5, 5.41) is 2.83. The fourth-order valence-corrected chi connectivity index (χ4v) is 2.73. The number of nitrogens with one attached hydrogen (secondary N) is 1. The summed E-state index contributed by atoms with van der Waals surface area (Å²) >= 11 is 0. The molecule has 17 heavy (non-hydrogen) atoms. The molecule has 0 unspecified atom stereocenters. The van der Waals surface area contributed by atoms with Crippen LogP contribution < -0.4 is 5.32 Å². The zero-order valence-corrected chi connectivity index (χ0v) is 9.49. The number of esters is 1. The molecule has 2 heterocycles. The molecule has 0 aromatic heterocycles. The van der Waals surface area contributed by atoms with Gasteiger partial charge in [0, 0.05) is 12.6 Å². The number of hydrogen-bond acceptors (Lipinski definition) is 4. The molecule has 0 amide bonds. The van der Waals surface area contributed by atoms with Crippen LogP contribution in [0.15, 0.2) is 0 Å². The third-order valence-electron chi connectivity index (χ3n) is 3.82. The van der Waals surface area contributed by atoms with E-state index < -0.39 is 12.0 Å². The van der Waals surface area contributed by atoms with Crippen molar-refractivity contribution in [2.24, 2.45) is 5.92 Å². The number of carbonyl (C=O) groups is 1. The van der Waals surface area contributed by atoms with Gasteiger partial charge in [-0.05, 0) is 19.3 Å². The summed E-state index contributed by atoms with van der Waals surface area (Å²) < 4.78 is 32.3. The Bertz CT molecular complexity index is 333. The Morgan fingerprint density at radius 1 is 1.41 bits per heavy atom. The van der Waals surface area contributed by atoms with Gasteiger partial charge in [0.2, 0.25) is 0 Å². The number of carbonyl (C=O) groups excluding carboxylic acids is 1. The van der Waals surface area contributed by atoms with Gasteiger partial charge < -0.3 is 10.1 Å². The van der Waals surface area contributed by atoms with Crippen LogP contribution in [-0.2, 0) is 9.53 Å². The van der Waals surface area contributed by atoms with Crippen molar-refractivity contribution < 1.29 is 18.3 Å². The Labute approximate surface area is 98.3 Å². The van der Waals surface area contributed by atoms with E-state index in [1.54, 1.807) is 4.90 Å². The summed E-state index contributed by atoms with van der Waals surface area (Å²) in [5.41, 5.74) is 0. The summed E-state index contributed by atoms with van der Waals surface area (Å²) in [6.45, 7) is 0.305. The zero-order valence-electron chi connectivity index (χ0n) is 9.49. The first-order chi connectivity index (χ1) is 8.08. The number of halogens is 2. The van der Waals surface area contributed by atoms with E-state index in [2.05, 4.69) is 5.32 Å². The second kappa shape index (κ2) is 3.88. The van der Waals surface area contributed by atoms with Gasteiger partial charge >= 0.3 is 5.97 Å². The Hall–Kier alpha value is -0.750. The molecule has 0 aromatic carbocycles. The summed E-state index contributed by atoms with van der Waals surface area (Å²) in [6, 6.07) is -0.973. The first kappa shape index (κ1) is 11.3. The number of alkyl halides is 2. The predicted octanol–water partition coefficient (Wildman–Crippen LogP) is 0.578. The molecule has 3 rings (SSSR count). The minimum absolute atomic E-state index is 0.00771. The second-order valence-corrected chi connectivity index (χ2v) is 5.16. The van der Waals surface area contributed by atoms with Crippen LogP contribution in [-0.4, -0.2) is 48.7 Å². The van der Waals surface area contributed by atoms with Gasteiger partial charge in [0.25, 0.3) is 5.92 Å². The lowest BCUT2D eigenvalue weighted by molar-refractivity contribution is -0.153. The van der Waals surface area contributed by atoms with Crippen LogP contribution >= 0.6 is 0 Å². The normalized spacial score (nSPS) is 35.9. The first-order valence-corrected chi connectivity index (χ1v) is 6.10. The van der Waals surface area contributed by atoms with Crippen molar-refractivity contribution in [3.05, 3.63) is 0 Å². The smallest absolute Gasteiger partial charge is 0.310 e. The number of hydrogen-bond donors (Lipinski definition) is 1. The average molecular weight is 246 g/mol. The third kappa shape index (κ3) is 2.04. The van der Waals surface area contributed by atoms with Crippen LogP contribution in [0.3, 0.4) is 0 Å². The Morgan fingerprint density at radius 2 is 2.18 bits per heavy atom. The Morgan fingerprint density at radius 3 is 2.88 bits per heavy atom. The fourth-order valence-electron chi connectivity index (χ4n) is 2.73. The van der Waals surface area contributed by atoms with E-state index in [9.17, 15) is 13.6 Å². The topological polar surface area (TPSA) is 41.6 Å². The average Bonchev–Trinajstić information content (AvgIpc) is 2.97. The van der Waals surface area contributed by atoms with Crippen LogP contribution in [0.4, 0.5) is 8.78 Å². The molecule has 3 aliphatic rings. The van der Waals surface area contributed by atoms with Crippen molar-refractivity contribution in [1.29, 1.82) is 0 Å². The standard InChI is InChI=1S/C11H16F2N2O2/c12-11(13)5-14-8-3-4-15(9(8)11)6-17-10(16)7-1-2-7/h7-9,14H,1-6H2/t8-,9+/m0/s1. The number of rotatable bonds is 3. The monoisotopic (exact) mass is 246 g/mol. The van der Waals surface area contributed by atoms with Crippen molar-refractivity contribution >= 4 is 5.97 Å². The van der Waals surface area contributed by atoms with Crippen LogP contribution in [0.2, 0.25) is 0 Å². The summed E-state index contributed by atoms with van der Waals surface area (Å²) in [5.74, 6) is -2.92. The Kier molecular flexibility index (Phi) is 2.59. The lowest BCUT2D eigenvalue weighted by atomic mass is 10.1. The number of nitrogens with zero attached hydrogens (tertiary/aromatic N) is 1. The van der Waals surface area contributed by atoms with Gasteiger partial charge in [0.15, 0.2) is 0 Å². The molecule has 1 aliphatic carbocycles. The molecular weight excluding hydrogens is 230 g/mol. The molecule has 2 saturated heterocycles. The minimum atomic E-state index is -2.72. The minimum Gasteiger partial charge on any atom is -0.449 e. The molecule has 1 N–H and O–H groups in total. The maximum Gasteiger partial charge on any atom is 0.310 e. The van der Waals surface area contributed by atoms with Crippen LogP contribution in [0.5, 0.6) is 0 Å². The van der Waals surface area contributed by atoms with Gasteiger partial charge in [-0.3, -0.25) is 9.69 Å².